The van der Waals surface area contributed by atoms with Crippen molar-refractivity contribution in [3.05, 3.63) is 28.8 Å². The first kappa shape index (κ1) is 21.9. The Morgan fingerprint density at radius 2 is 1.77 bits per heavy atom. The van der Waals surface area contributed by atoms with E-state index in [-0.39, 0.29) is 18.1 Å². The lowest BCUT2D eigenvalue weighted by Crippen LogP contribution is -2.46. The first-order chi connectivity index (χ1) is 14.5. The zero-order chi connectivity index (χ0) is 21.1. The largest absolute Gasteiger partial charge is 0.490 e. The van der Waals surface area contributed by atoms with E-state index >= 15 is 0 Å². The second-order valence-corrected chi connectivity index (χ2v) is 9.86. The van der Waals surface area contributed by atoms with Crippen LogP contribution in [0.15, 0.2) is 18.2 Å². The van der Waals surface area contributed by atoms with Crippen LogP contribution < -0.4 is 10.1 Å². The molecule has 1 amide bonds. The summed E-state index contributed by atoms with van der Waals surface area (Å²) in [6.45, 7) is 8.75. The van der Waals surface area contributed by atoms with Crippen LogP contribution in [0.3, 0.4) is 0 Å². The van der Waals surface area contributed by atoms with Gasteiger partial charge in [-0.1, -0.05) is 18.0 Å². The predicted octanol–water partition coefficient (Wildman–Crippen LogP) is 4.34. The van der Waals surface area contributed by atoms with Crippen LogP contribution in [0.5, 0.6) is 5.75 Å². The molecule has 1 N–H and O–H groups in total. The number of hydrogen-bond donors (Lipinski definition) is 1. The summed E-state index contributed by atoms with van der Waals surface area (Å²) in [4.78, 5) is 17.8. The van der Waals surface area contributed by atoms with E-state index in [1.54, 1.807) is 12.1 Å². The number of nitrogens with one attached hydrogen (secondary N) is 1. The quantitative estimate of drug-likeness (QED) is 0.724. The highest BCUT2D eigenvalue weighted by Crippen LogP contribution is 2.30. The number of ether oxygens (including phenoxy) is 1. The van der Waals surface area contributed by atoms with E-state index in [1.807, 2.05) is 6.07 Å². The summed E-state index contributed by atoms with van der Waals surface area (Å²) < 4.78 is 6.19. The standard InChI is InChI=1S/C24H36ClN3O2/c1-17(2)27-12-8-18(9-13-27)26-24(29)22-7-6-21(16-23(22)25)30-20-10-14-28(15-11-20)19-4-3-5-19/h6-7,16-20H,3-5,8-15H2,1-2H3,(H,26,29). The third-order valence-electron chi connectivity index (χ3n) is 7.15. The lowest BCUT2D eigenvalue weighted by molar-refractivity contribution is 0.0493. The van der Waals surface area contributed by atoms with Gasteiger partial charge < -0.3 is 19.9 Å². The molecule has 1 aliphatic carbocycles. The van der Waals surface area contributed by atoms with E-state index in [2.05, 4.69) is 29.0 Å². The third kappa shape index (κ3) is 5.30. The molecule has 0 bridgehead atoms. The molecule has 1 aromatic rings. The first-order valence-corrected chi connectivity index (χ1v) is 12.1. The van der Waals surface area contributed by atoms with Gasteiger partial charge in [-0.15, -0.1) is 0 Å². The summed E-state index contributed by atoms with van der Waals surface area (Å²) >= 11 is 6.46. The fourth-order valence-corrected chi connectivity index (χ4v) is 5.14. The van der Waals surface area contributed by atoms with Crippen LogP contribution in [0.25, 0.3) is 0 Å². The highest BCUT2D eigenvalue weighted by atomic mass is 35.5. The van der Waals surface area contributed by atoms with Crippen LogP contribution in [0.2, 0.25) is 5.02 Å². The van der Waals surface area contributed by atoms with E-state index < -0.39 is 0 Å². The lowest BCUT2D eigenvalue weighted by atomic mass is 9.90. The molecule has 2 heterocycles. The van der Waals surface area contributed by atoms with Crippen LogP contribution in [-0.4, -0.2) is 66.1 Å². The monoisotopic (exact) mass is 433 g/mol. The Kier molecular flexibility index (Phi) is 7.22. The molecular weight excluding hydrogens is 398 g/mol. The Labute approximate surface area is 186 Å². The average molecular weight is 434 g/mol. The van der Waals surface area contributed by atoms with Crippen molar-refractivity contribution in [1.29, 1.82) is 0 Å². The van der Waals surface area contributed by atoms with Gasteiger partial charge in [-0.05, 0) is 70.6 Å². The van der Waals surface area contributed by atoms with Crippen molar-refractivity contribution in [2.24, 2.45) is 0 Å². The summed E-state index contributed by atoms with van der Waals surface area (Å²) in [5.41, 5.74) is 0.537. The SMILES string of the molecule is CC(C)N1CCC(NC(=O)c2ccc(OC3CCN(C4CCC4)CC3)cc2Cl)CC1. The molecule has 5 nitrogen and oxygen atoms in total. The molecule has 0 unspecified atom stereocenters. The molecule has 2 saturated heterocycles. The Morgan fingerprint density at radius 1 is 1.07 bits per heavy atom. The van der Waals surface area contributed by atoms with Crippen molar-refractivity contribution in [2.45, 2.75) is 83.0 Å². The van der Waals surface area contributed by atoms with E-state index in [1.165, 1.54) is 19.3 Å². The average Bonchev–Trinajstić information content (AvgIpc) is 2.68. The fourth-order valence-electron chi connectivity index (χ4n) is 4.88. The Bertz CT molecular complexity index is 721. The van der Waals surface area contributed by atoms with Gasteiger partial charge in [0.25, 0.3) is 5.91 Å². The number of amides is 1. The molecule has 1 saturated carbocycles. The van der Waals surface area contributed by atoms with Gasteiger partial charge in [0.05, 0.1) is 10.6 Å². The first-order valence-electron chi connectivity index (χ1n) is 11.7. The van der Waals surface area contributed by atoms with Gasteiger partial charge >= 0.3 is 0 Å². The number of carbonyl (C=O) groups is 1. The number of halogens is 1. The van der Waals surface area contributed by atoms with E-state index in [4.69, 9.17) is 16.3 Å². The van der Waals surface area contributed by atoms with E-state index in [0.717, 1.165) is 63.7 Å². The molecule has 0 radical (unpaired) electrons. The maximum absolute atomic E-state index is 12.7. The number of rotatable bonds is 6. The van der Waals surface area contributed by atoms with Gasteiger partial charge in [0.1, 0.15) is 11.9 Å². The molecule has 1 aromatic carbocycles. The molecule has 3 aliphatic rings. The van der Waals surface area contributed by atoms with E-state index in [9.17, 15) is 4.79 Å². The van der Waals surface area contributed by atoms with Gasteiger partial charge in [-0.2, -0.15) is 0 Å². The van der Waals surface area contributed by atoms with Gasteiger partial charge in [0, 0.05) is 44.3 Å². The zero-order valence-electron chi connectivity index (χ0n) is 18.4. The minimum Gasteiger partial charge on any atom is -0.490 e. The van der Waals surface area contributed by atoms with Crippen LogP contribution in [0, 0.1) is 0 Å². The van der Waals surface area contributed by atoms with Crippen molar-refractivity contribution < 1.29 is 9.53 Å². The van der Waals surface area contributed by atoms with Crippen molar-refractivity contribution in [1.82, 2.24) is 15.1 Å². The van der Waals surface area contributed by atoms with E-state index in [0.29, 0.717) is 16.6 Å². The summed E-state index contributed by atoms with van der Waals surface area (Å²) in [5, 5.41) is 3.64. The molecule has 4 rings (SSSR count). The molecule has 166 valence electrons. The fraction of sp³-hybridized carbons (Fsp3) is 0.708. The summed E-state index contributed by atoms with van der Waals surface area (Å²) in [6, 6.07) is 7.10. The van der Waals surface area contributed by atoms with Crippen molar-refractivity contribution in [3.8, 4) is 5.75 Å². The molecule has 0 atom stereocenters. The summed E-state index contributed by atoms with van der Waals surface area (Å²) in [5.74, 6) is 0.687. The third-order valence-corrected chi connectivity index (χ3v) is 7.46. The van der Waals surface area contributed by atoms with Gasteiger partial charge in [-0.3, -0.25) is 4.79 Å². The van der Waals surface area contributed by atoms with Gasteiger partial charge in [0.15, 0.2) is 0 Å². The van der Waals surface area contributed by atoms with Crippen LogP contribution in [0.1, 0.15) is 69.2 Å². The minimum atomic E-state index is -0.0802. The lowest BCUT2D eigenvalue weighted by Gasteiger charge is -2.41. The Balaban J connectivity index is 1.26. The smallest absolute Gasteiger partial charge is 0.253 e. The number of nitrogens with zero attached hydrogens (tertiary/aromatic N) is 2. The molecule has 0 spiro atoms. The van der Waals surface area contributed by atoms with Crippen molar-refractivity contribution in [3.63, 3.8) is 0 Å². The second kappa shape index (κ2) is 9.88. The molecule has 0 aromatic heterocycles. The Hall–Kier alpha value is -1.30. The number of benzene rings is 1. The van der Waals surface area contributed by atoms with Crippen molar-refractivity contribution >= 4 is 17.5 Å². The number of carbonyl (C=O) groups excluding carboxylic acids is 1. The molecule has 2 aliphatic heterocycles. The van der Waals surface area contributed by atoms with Crippen LogP contribution in [0.4, 0.5) is 0 Å². The molecule has 30 heavy (non-hydrogen) atoms. The normalized spacial score (nSPS) is 22.8. The van der Waals surface area contributed by atoms with Crippen LogP contribution >= 0.6 is 11.6 Å². The topological polar surface area (TPSA) is 44.8 Å². The van der Waals surface area contributed by atoms with Crippen LogP contribution in [-0.2, 0) is 0 Å². The highest BCUT2D eigenvalue weighted by Gasteiger charge is 2.29. The molecule has 6 heteroatoms. The maximum atomic E-state index is 12.7. The van der Waals surface area contributed by atoms with Gasteiger partial charge in [0.2, 0.25) is 0 Å². The number of piperidine rings is 2. The summed E-state index contributed by atoms with van der Waals surface area (Å²) in [7, 11) is 0. The van der Waals surface area contributed by atoms with Gasteiger partial charge in [-0.25, -0.2) is 0 Å². The number of likely N-dealkylation sites (tertiary alicyclic amines) is 2. The second-order valence-electron chi connectivity index (χ2n) is 9.46. The maximum Gasteiger partial charge on any atom is 0.253 e. The van der Waals surface area contributed by atoms with Crippen molar-refractivity contribution in [2.75, 3.05) is 26.2 Å². The minimum absolute atomic E-state index is 0.0802. The predicted molar refractivity (Wildman–Crippen MR) is 122 cm³/mol. The highest BCUT2D eigenvalue weighted by molar-refractivity contribution is 6.34. The zero-order valence-corrected chi connectivity index (χ0v) is 19.2. The number of hydrogen-bond acceptors (Lipinski definition) is 4. The Morgan fingerprint density at radius 3 is 2.33 bits per heavy atom. The summed E-state index contributed by atoms with van der Waals surface area (Å²) in [6.07, 6.45) is 8.45. The molecule has 3 fully saturated rings. The molecular formula is C24H36ClN3O2.